The number of halogens is 1. The number of rotatable bonds is 3. The van der Waals surface area contributed by atoms with E-state index < -0.39 is 0 Å². The summed E-state index contributed by atoms with van der Waals surface area (Å²) in [6.07, 6.45) is 2.09. The molecule has 128 valence electrons. The van der Waals surface area contributed by atoms with E-state index in [9.17, 15) is 4.79 Å². The van der Waals surface area contributed by atoms with Crippen LogP contribution in [-0.2, 0) is 17.8 Å². The first-order chi connectivity index (χ1) is 11.7. The third-order valence-corrected chi connectivity index (χ3v) is 4.03. The normalized spacial score (nSPS) is 12.1. The molecule has 0 saturated carbocycles. The van der Waals surface area contributed by atoms with E-state index in [-0.39, 0.29) is 6.09 Å². The molecule has 24 heavy (non-hydrogen) atoms. The van der Waals surface area contributed by atoms with Gasteiger partial charge in [0.15, 0.2) is 0 Å². The summed E-state index contributed by atoms with van der Waals surface area (Å²) in [6, 6.07) is 16.0. The molecule has 2 N–H and O–H groups in total. The quantitative estimate of drug-likeness (QED) is 0.795. The fourth-order valence-electron chi connectivity index (χ4n) is 2.36. The van der Waals surface area contributed by atoms with Gasteiger partial charge in [0.25, 0.3) is 0 Å². The first-order valence-corrected chi connectivity index (χ1v) is 8.95. The number of alkyl carbamates (subject to hydrolysis) is 1. The Balaban J connectivity index is 0.000000175. The molecule has 2 aromatic rings. The number of fused-ring (bicyclic) bond motifs is 1. The number of carbonyl (C=O) groups excluding carboxylic acids is 1. The number of hydrogen-bond donors (Lipinski definition) is 2. The minimum absolute atomic E-state index is 0.326. The largest absolute Gasteiger partial charge is 0.445 e. The van der Waals surface area contributed by atoms with E-state index in [0.717, 1.165) is 12.1 Å². The van der Waals surface area contributed by atoms with Crippen molar-refractivity contribution in [1.29, 1.82) is 0 Å². The lowest BCUT2D eigenvalue weighted by Gasteiger charge is -2.17. The van der Waals surface area contributed by atoms with Crippen LogP contribution in [0.25, 0.3) is 0 Å². The monoisotopic (exact) mass is 390 g/mol. The van der Waals surface area contributed by atoms with Crippen molar-refractivity contribution in [3.8, 4) is 0 Å². The van der Waals surface area contributed by atoms with Crippen molar-refractivity contribution in [2.45, 2.75) is 26.4 Å². The minimum Gasteiger partial charge on any atom is -0.445 e. The summed E-state index contributed by atoms with van der Waals surface area (Å²) in [5.74, 6) is 0. The van der Waals surface area contributed by atoms with Crippen molar-refractivity contribution >= 4 is 27.7 Å². The molecule has 0 unspecified atom stereocenters. The lowest BCUT2D eigenvalue weighted by Crippen LogP contribution is -2.23. The van der Waals surface area contributed by atoms with Crippen LogP contribution in [0.5, 0.6) is 0 Å². The summed E-state index contributed by atoms with van der Waals surface area (Å²) >= 11 is 3.46. The summed E-state index contributed by atoms with van der Waals surface area (Å²) in [7, 11) is 0. The predicted molar refractivity (Wildman–Crippen MR) is 101 cm³/mol. The second kappa shape index (κ2) is 9.98. The second-order valence-corrected chi connectivity index (χ2v) is 6.34. The van der Waals surface area contributed by atoms with Gasteiger partial charge in [0.2, 0.25) is 0 Å². The Kier molecular flexibility index (Phi) is 7.62. The average Bonchev–Trinajstić information content (AvgIpc) is 2.61. The maximum Gasteiger partial charge on any atom is 0.407 e. The smallest absolute Gasteiger partial charge is 0.407 e. The summed E-state index contributed by atoms with van der Waals surface area (Å²) in [4.78, 5) is 10.9. The first-order valence-electron chi connectivity index (χ1n) is 8.16. The van der Waals surface area contributed by atoms with Gasteiger partial charge in [0.05, 0.1) is 0 Å². The molecule has 1 aliphatic heterocycles. The van der Waals surface area contributed by atoms with E-state index in [1.807, 2.05) is 37.3 Å². The molecule has 4 nitrogen and oxygen atoms in total. The van der Waals surface area contributed by atoms with Crippen molar-refractivity contribution in [3.05, 3.63) is 64.1 Å². The second-order valence-electron chi connectivity index (χ2n) is 5.42. The summed E-state index contributed by atoms with van der Waals surface area (Å²) < 4.78 is 6.10. The van der Waals surface area contributed by atoms with Gasteiger partial charge < -0.3 is 15.4 Å². The Bertz CT molecular complexity index is 647. The van der Waals surface area contributed by atoms with Crippen LogP contribution >= 0.6 is 15.9 Å². The fourth-order valence-corrected chi connectivity index (χ4v) is 2.77. The zero-order valence-corrected chi connectivity index (χ0v) is 15.4. The number of ether oxygens (including phenoxy) is 1. The van der Waals surface area contributed by atoms with Crippen LogP contribution in [-0.4, -0.2) is 19.2 Å². The molecule has 0 aromatic heterocycles. The number of amides is 1. The zero-order valence-electron chi connectivity index (χ0n) is 13.8. The van der Waals surface area contributed by atoms with Crippen molar-refractivity contribution in [3.63, 3.8) is 0 Å². The molecular formula is C19H23BrN2O2. The van der Waals surface area contributed by atoms with Gasteiger partial charge in [-0.25, -0.2) is 4.79 Å². The number of hydrogen-bond acceptors (Lipinski definition) is 3. The molecule has 0 saturated heterocycles. The van der Waals surface area contributed by atoms with Gasteiger partial charge >= 0.3 is 6.09 Å². The Labute approximate surface area is 151 Å². The van der Waals surface area contributed by atoms with Gasteiger partial charge in [-0.3, -0.25) is 0 Å². The molecular weight excluding hydrogens is 368 g/mol. The average molecular weight is 391 g/mol. The molecule has 0 spiro atoms. The van der Waals surface area contributed by atoms with Gasteiger partial charge in [-0.05, 0) is 49.1 Å². The van der Waals surface area contributed by atoms with Gasteiger partial charge in [-0.15, -0.1) is 0 Å². The number of benzene rings is 2. The summed E-state index contributed by atoms with van der Waals surface area (Å²) in [5, 5.41) is 5.92. The molecule has 0 bridgehead atoms. The molecule has 0 radical (unpaired) electrons. The van der Waals surface area contributed by atoms with E-state index in [2.05, 4.69) is 44.8 Å². The van der Waals surface area contributed by atoms with Gasteiger partial charge in [-0.1, -0.05) is 46.3 Å². The highest BCUT2D eigenvalue weighted by atomic mass is 79.9. The molecule has 1 amide bonds. The SMILES string of the molecule is Brc1ccc2c(c1)CCCN2.CCNC(=O)OCc1ccccc1. The predicted octanol–water partition coefficient (Wildman–Crippen LogP) is 4.74. The Morgan fingerprint density at radius 3 is 2.79 bits per heavy atom. The van der Waals surface area contributed by atoms with Crippen LogP contribution in [0.1, 0.15) is 24.5 Å². The molecule has 5 heteroatoms. The van der Waals surface area contributed by atoms with E-state index in [1.165, 1.54) is 28.6 Å². The van der Waals surface area contributed by atoms with E-state index in [4.69, 9.17) is 4.74 Å². The molecule has 2 aromatic carbocycles. The van der Waals surface area contributed by atoms with Crippen molar-refractivity contribution in [2.24, 2.45) is 0 Å². The van der Waals surface area contributed by atoms with E-state index in [1.54, 1.807) is 0 Å². The molecule has 0 fully saturated rings. The fraction of sp³-hybridized carbons (Fsp3) is 0.316. The van der Waals surface area contributed by atoms with Crippen molar-refractivity contribution in [2.75, 3.05) is 18.4 Å². The van der Waals surface area contributed by atoms with Gasteiger partial charge in [-0.2, -0.15) is 0 Å². The van der Waals surface area contributed by atoms with Crippen molar-refractivity contribution < 1.29 is 9.53 Å². The van der Waals surface area contributed by atoms with Gasteiger partial charge in [0, 0.05) is 23.2 Å². The maximum absolute atomic E-state index is 10.9. The van der Waals surface area contributed by atoms with Crippen LogP contribution < -0.4 is 10.6 Å². The third-order valence-electron chi connectivity index (χ3n) is 3.54. The lowest BCUT2D eigenvalue weighted by atomic mass is 10.0. The molecule has 1 aliphatic rings. The number of anilines is 1. The Morgan fingerprint density at radius 2 is 2.04 bits per heavy atom. The number of aryl methyl sites for hydroxylation is 1. The standard InChI is InChI=1S/C10H13NO2.C9H10BrN/c1-2-11-10(12)13-8-9-6-4-3-5-7-9;10-8-3-4-9-7(6-8)2-1-5-11-9/h3-7H,2,8H2,1H3,(H,11,12);3-4,6,11H,1-2,5H2. The topological polar surface area (TPSA) is 50.4 Å². The maximum atomic E-state index is 10.9. The third kappa shape index (κ3) is 6.24. The number of carbonyl (C=O) groups is 1. The molecule has 0 atom stereocenters. The van der Waals surface area contributed by atoms with Gasteiger partial charge in [0.1, 0.15) is 6.61 Å². The van der Waals surface area contributed by atoms with Crippen LogP contribution in [0.3, 0.4) is 0 Å². The Hall–Kier alpha value is -2.01. The van der Waals surface area contributed by atoms with Crippen LogP contribution in [0.4, 0.5) is 10.5 Å². The van der Waals surface area contributed by atoms with Crippen molar-refractivity contribution in [1.82, 2.24) is 5.32 Å². The molecule has 3 rings (SSSR count). The minimum atomic E-state index is -0.369. The zero-order chi connectivity index (χ0) is 17.2. The van der Waals surface area contributed by atoms with Crippen LogP contribution in [0.2, 0.25) is 0 Å². The molecule has 0 aliphatic carbocycles. The lowest BCUT2D eigenvalue weighted by molar-refractivity contribution is 0.140. The highest BCUT2D eigenvalue weighted by Crippen LogP contribution is 2.24. The first kappa shape index (κ1) is 18.3. The van der Waals surface area contributed by atoms with Crippen LogP contribution in [0.15, 0.2) is 53.0 Å². The number of nitrogens with one attached hydrogen (secondary N) is 2. The molecule has 1 heterocycles. The van der Waals surface area contributed by atoms with E-state index >= 15 is 0 Å². The van der Waals surface area contributed by atoms with Crippen LogP contribution in [0, 0.1) is 0 Å². The van der Waals surface area contributed by atoms with E-state index in [0.29, 0.717) is 13.2 Å². The summed E-state index contributed by atoms with van der Waals surface area (Å²) in [6.45, 7) is 3.89. The highest BCUT2D eigenvalue weighted by molar-refractivity contribution is 9.10. The summed E-state index contributed by atoms with van der Waals surface area (Å²) in [5.41, 5.74) is 3.74. The highest BCUT2D eigenvalue weighted by Gasteiger charge is 2.07. The Morgan fingerprint density at radius 1 is 1.25 bits per heavy atom.